The lowest BCUT2D eigenvalue weighted by molar-refractivity contribution is -0.132. The first-order valence-electron chi connectivity index (χ1n) is 9.27. The molecule has 2 N–H and O–H groups in total. The molecule has 0 saturated carbocycles. The Labute approximate surface area is 179 Å². The molecule has 0 bridgehead atoms. The van der Waals surface area contributed by atoms with Crippen LogP contribution in [-0.2, 0) is 16.0 Å². The molecule has 1 aliphatic heterocycles. The van der Waals surface area contributed by atoms with Gasteiger partial charge in [0.1, 0.15) is 10.4 Å². The maximum atomic E-state index is 12.8. The van der Waals surface area contributed by atoms with Gasteiger partial charge in [-0.15, -0.1) is 0 Å². The zero-order valence-corrected chi connectivity index (χ0v) is 17.6. The van der Waals surface area contributed by atoms with Crippen molar-refractivity contribution in [2.24, 2.45) is 0 Å². The van der Waals surface area contributed by atoms with Gasteiger partial charge in [0.15, 0.2) is 0 Å². The molecule has 1 fully saturated rings. The van der Waals surface area contributed by atoms with E-state index in [1.54, 1.807) is 13.0 Å². The molecule has 1 saturated heterocycles. The molecule has 5 nitrogen and oxygen atoms in total. The highest BCUT2D eigenvalue weighted by Crippen LogP contribution is 2.34. The number of carbonyl (C=O) groups excluding carboxylic acids is 2. The molecule has 1 aliphatic rings. The van der Waals surface area contributed by atoms with E-state index in [2.05, 4.69) is 5.32 Å². The standard InChI is InChI=1S/C22H22N2O3S2/c1-15(20(26)23-18(14-25)12-16-8-4-2-5-9-16)24-21(27)19(29-22(24)28)13-17-10-6-3-7-11-17/h2-11,13,15,18,25H,12,14H2,1H3,(H,23,26)/b19-13-/t15-,18+/m1/s1. The smallest absolute Gasteiger partial charge is 0.266 e. The van der Waals surface area contributed by atoms with Gasteiger partial charge in [-0.3, -0.25) is 14.5 Å². The number of thioether (sulfide) groups is 1. The van der Waals surface area contributed by atoms with Gasteiger partial charge in [-0.2, -0.15) is 0 Å². The van der Waals surface area contributed by atoms with Gasteiger partial charge in [0.05, 0.1) is 17.6 Å². The van der Waals surface area contributed by atoms with E-state index < -0.39 is 12.1 Å². The SMILES string of the molecule is C[C@H](C(=O)N[C@H](CO)Cc1ccccc1)N1C(=O)/C(=C/c2ccccc2)SC1=S. The zero-order chi connectivity index (χ0) is 20.8. The summed E-state index contributed by atoms with van der Waals surface area (Å²) >= 11 is 6.54. The van der Waals surface area contributed by atoms with Gasteiger partial charge in [-0.25, -0.2) is 0 Å². The summed E-state index contributed by atoms with van der Waals surface area (Å²) in [5.74, 6) is -0.632. The monoisotopic (exact) mass is 426 g/mol. The lowest BCUT2D eigenvalue weighted by Crippen LogP contribution is -2.51. The van der Waals surface area contributed by atoms with Crippen LogP contribution in [-0.4, -0.2) is 44.8 Å². The summed E-state index contributed by atoms with van der Waals surface area (Å²) in [6.07, 6.45) is 2.28. The van der Waals surface area contributed by atoms with Crippen LogP contribution in [0.1, 0.15) is 18.1 Å². The van der Waals surface area contributed by atoms with Crippen molar-refractivity contribution in [1.29, 1.82) is 0 Å². The predicted molar refractivity (Wildman–Crippen MR) is 120 cm³/mol. The molecule has 29 heavy (non-hydrogen) atoms. The zero-order valence-electron chi connectivity index (χ0n) is 15.9. The van der Waals surface area contributed by atoms with Crippen LogP contribution in [0, 0.1) is 0 Å². The van der Waals surface area contributed by atoms with Crippen molar-refractivity contribution in [2.45, 2.75) is 25.4 Å². The molecule has 1 heterocycles. The number of aliphatic hydroxyl groups excluding tert-OH is 1. The number of rotatable bonds is 7. The number of aliphatic hydroxyl groups is 1. The number of hydrogen-bond donors (Lipinski definition) is 2. The van der Waals surface area contributed by atoms with Gasteiger partial charge in [0.2, 0.25) is 5.91 Å². The van der Waals surface area contributed by atoms with Crippen molar-refractivity contribution < 1.29 is 14.7 Å². The van der Waals surface area contributed by atoms with Gasteiger partial charge < -0.3 is 10.4 Å². The fraction of sp³-hybridized carbons (Fsp3) is 0.227. The number of hydrogen-bond acceptors (Lipinski definition) is 5. The van der Waals surface area contributed by atoms with E-state index in [4.69, 9.17) is 12.2 Å². The molecule has 0 unspecified atom stereocenters. The minimum Gasteiger partial charge on any atom is -0.394 e. The van der Waals surface area contributed by atoms with Crippen molar-refractivity contribution in [3.63, 3.8) is 0 Å². The molecular formula is C22H22N2O3S2. The minimum absolute atomic E-state index is 0.195. The van der Waals surface area contributed by atoms with Crippen LogP contribution in [0.25, 0.3) is 6.08 Å². The van der Waals surface area contributed by atoms with Crippen molar-refractivity contribution in [3.05, 3.63) is 76.7 Å². The highest BCUT2D eigenvalue weighted by molar-refractivity contribution is 8.26. The number of nitrogens with one attached hydrogen (secondary N) is 1. The van der Waals surface area contributed by atoms with E-state index >= 15 is 0 Å². The fourth-order valence-corrected chi connectivity index (χ4v) is 4.43. The minimum atomic E-state index is -0.769. The van der Waals surface area contributed by atoms with Crippen molar-refractivity contribution >= 4 is 46.2 Å². The Morgan fingerprint density at radius 2 is 1.79 bits per heavy atom. The van der Waals surface area contributed by atoms with Gasteiger partial charge in [0.25, 0.3) is 5.91 Å². The lowest BCUT2D eigenvalue weighted by atomic mass is 10.1. The summed E-state index contributed by atoms with van der Waals surface area (Å²) in [4.78, 5) is 27.4. The molecule has 2 aromatic rings. The second-order valence-corrected chi connectivity index (χ2v) is 8.39. The van der Waals surface area contributed by atoms with Gasteiger partial charge in [0, 0.05) is 0 Å². The van der Waals surface area contributed by atoms with Gasteiger partial charge in [-0.05, 0) is 30.5 Å². The molecule has 3 rings (SSSR count). The Balaban J connectivity index is 1.67. The Kier molecular flexibility index (Phi) is 7.19. The topological polar surface area (TPSA) is 69.6 Å². The molecular weight excluding hydrogens is 404 g/mol. The summed E-state index contributed by atoms with van der Waals surface area (Å²) in [5.41, 5.74) is 1.91. The predicted octanol–water partition coefficient (Wildman–Crippen LogP) is 3.00. The van der Waals surface area contributed by atoms with Gasteiger partial charge >= 0.3 is 0 Å². The third kappa shape index (κ3) is 5.32. The van der Waals surface area contributed by atoms with Crippen molar-refractivity contribution in [2.75, 3.05) is 6.61 Å². The van der Waals surface area contributed by atoms with E-state index in [9.17, 15) is 14.7 Å². The van der Waals surface area contributed by atoms with E-state index in [0.29, 0.717) is 15.6 Å². The van der Waals surface area contributed by atoms with Crippen LogP contribution < -0.4 is 5.32 Å². The Morgan fingerprint density at radius 1 is 1.17 bits per heavy atom. The summed E-state index contributed by atoms with van der Waals surface area (Å²) in [6.45, 7) is 1.45. The second-order valence-electron chi connectivity index (χ2n) is 6.72. The summed E-state index contributed by atoms with van der Waals surface area (Å²) in [7, 11) is 0. The van der Waals surface area contributed by atoms with E-state index in [0.717, 1.165) is 11.1 Å². The number of carbonyl (C=O) groups is 2. The van der Waals surface area contributed by atoms with Crippen molar-refractivity contribution in [1.82, 2.24) is 10.2 Å². The number of benzene rings is 2. The maximum absolute atomic E-state index is 12.8. The first-order valence-corrected chi connectivity index (χ1v) is 10.5. The molecule has 7 heteroatoms. The van der Waals surface area contributed by atoms with Crippen LogP contribution in [0.15, 0.2) is 65.6 Å². The first kappa shape index (κ1) is 21.2. The third-order valence-electron chi connectivity index (χ3n) is 4.58. The molecule has 2 aromatic carbocycles. The van der Waals surface area contributed by atoms with E-state index in [1.165, 1.54) is 16.7 Å². The quantitative estimate of drug-likeness (QED) is 0.526. The first-order chi connectivity index (χ1) is 14.0. The van der Waals surface area contributed by atoms with Gasteiger partial charge in [-0.1, -0.05) is 84.6 Å². The third-order valence-corrected chi connectivity index (χ3v) is 5.91. The Hall–Kier alpha value is -2.48. The average molecular weight is 427 g/mol. The number of amides is 2. The normalized spacial score (nSPS) is 17.4. The highest BCUT2D eigenvalue weighted by atomic mass is 32.2. The lowest BCUT2D eigenvalue weighted by Gasteiger charge is -2.25. The summed E-state index contributed by atoms with van der Waals surface area (Å²) in [5, 5.41) is 12.5. The Bertz CT molecular complexity index is 916. The average Bonchev–Trinajstić information content (AvgIpc) is 3.01. The number of nitrogens with zero attached hydrogens (tertiary/aromatic N) is 1. The van der Waals surface area contributed by atoms with E-state index in [-0.39, 0.29) is 18.4 Å². The summed E-state index contributed by atoms with van der Waals surface area (Å²) in [6, 6.07) is 17.9. The molecule has 0 spiro atoms. The maximum Gasteiger partial charge on any atom is 0.266 e. The highest BCUT2D eigenvalue weighted by Gasteiger charge is 2.38. The van der Waals surface area contributed by atoms with Crippen LogP contribution >= 0.6 is 24.0 Å². The van der Waals surface area contributed by atoms with E-state index in [1.807, 2.05) is 60.7 Å². The van der Waals surface area contributed by atoms with Crippen LogP contribution in [0.4, 0.5) is 0 Å². The Morgan fingerprint density at radius 3 is 2.41 bits per heavy atom. The molecule has 2 amide bonds. The van der Waals surface area contributed by atoms with Crippen LogP contribution in [0.3, 0.4) is 0 Å². The largest absolute Gasteiger partial charge is 0.394 e. The molecule has 150 valence electrons. The molecule has 0 radical (unpaired) electrons. The second kappa shape index (κ2) is 9.82. The molecule has 0 aliphatic carbocycles. The summed E-state index contributed by atoms with van der Waals surface area (Å²) < 4.78 is 0.350. The van der Waals surface area contributed by atoms with Crippen LogP contribution in [0.2, 0.25) is 0 Å². The molecule has 2 atom stereocenters. The molecule has 0 aromatic heterocycles. The van der Waals surface area contributed by atoms with Crippen molar-refractivity contribution in [3.8, 4) is 0 Å². The van der Waals surface area contributed by atoms with Crippen LogP contribution in [0.5, 0.6) is 0 Å². The fourth-order valence-electron chi connectivity index (χ4n) is 3.01. The number of thiocarbonyl (C=S) groups is 1.